The molecule has 0 bridgehead atoms. The smallest absolute Gasteiger partial charge is 0.0672 e. The molecule has 2 N–H and O–H groups in total. The highest BCUT2D eigenvalue weighted by Gasteiger charge is 2.10. The lowest BCUT2D eigenvalue weighted by Crippen LogP contribution is -1.85. The molecule has 4 nitrogen and oxygen atoms in total. The molecule has 2 heterocycles. The molecule has 0 aliphatic rings. The lowest BCUT2D eigenvalue weighted by atomic mass is 9.97. The fraction of sp³-hybridized carbons (Fsp3) is 0.182. The summed E-state index contributed by atoms with van der Waals surface area (Å²) in [6.07, 6.45) is 0. The topological polar surface area (TPSA) is 57.4 Å². The third-order valence-corrected chi connectivity index (χ3v) is 4.94. The Kier molecular flexibility index (Phi) is 3.96. The zero-order valence-corrected chi connectivity index (χ0v) is 15.5. The van der Waals surface area contributed by atoms with Crippen molar-refractivity contribution in [1.82, 2.24) is 20.4 Å². The molecule has 0 atom stereocenters. The summed E-state index contributed by atoms with van der Waals surface area (Å²) in [4.78, 5) is 0. The van der Waals surface area contributed by atoms with Gasteiger partial charge < -0.3 is 0 Å². The van der Waals surface area contributed by atoms with Crippen molar-refractivity contribution in [2.75, 3.05) is 0 Å². The first-order valence-corrected chi connectivity index (χ1v) is 8.79. The molecule has 26 heavy (non-hydrogen) atoms. The van der Waals surface area contributed by atoms with Crippen molar-refractivity contribution in [1.29, 1.82) is 0 Å². The van der Waals surface area contributed by atoms with Gasteiger partial charge in [-0.15, -0.1) is 0 Å². The Labute approximate surface area is 153 Å². The minimum atomic E-state index is 1.03. The normalized spacial score (nSPS) is 11.1. The second-order valence-corrected chi connectivity index (χ2v) is 6.77. The van der Waals surface area contributed by atoms with Gasteiger partial charge in [0, 0.05) is 22.5 Å². The highest BCUT2D eigenvalue weighted by atomic mass is 15.1. The average Bonchev–Trinajstić information content (AvgIpc) is 3.16. The maximum absolute atomic E-state index is 4.29. The van der Waals surface area contributed by atoms with Gasteiger partial charge in [0.15, 0.2) is 0 Å². The second kappa shape index (κ2) is 6.30. The van der Waals surface area contributed by atoms with Crippen LogP contribution in [0.5, 0.6) is 0 Å². The van der Waals surface area contributed by atoms with Crippen molar-refractivity contribution < 1.29 is 0 Å². The summed E-state index contributed by atoms with van der Waals surface area (Å²) in [5, 5.41) is 14.7. The van der Waals surface area contributed by atoms with Gasteiger partial charge in [0.05, 0.1) is 11.4 Å². The molecule has 0 saturated heterocycles. The largest absolute Gasteiger partial charge is 0.282 e. The molecular weight excluding hydrogens is 320 g/mol. The van der Waals surface area contributed by atoms with Crippen molar-refractivity contribution in [2.45, 2.75) is 27.7 Å². The number of H-pyrrole nitrogens is 2. The Bertz CT molecular complexity index is 924. The molecule has 0 saturated carbocycles. The molecule has 2 aromatic heterocycles. The van der Waals surface area contributed by atoms with E-state index in [1.165, 1.54) is 33.4 Å². The summed E-state index contributed by atoms with van der Waals surface area (Å²) in [5.74, 6) is 0. The van der Waals surface area contributed by atoms with E-state index in [-0.39, 0.29) is 0 Å². The van der Waals surface area contributed by atoms with E-state index < -0.39 is 0 Å². The fourth-order valence-electron chi connectivity index (χ4n) is 3.61. The molecule has 0 aliphatic carbocycles. The second-order valence-electron chi connectivity index (χ2n) is 6.77. The van der Waals surface area contributed by atoms with E-state index in [1.54, 1.807) is 0 Å². The van der Waals surface area contributed by atoms with Crippen LogP contribution in [0.3, 0.4) is 0 Å². The quantitative estimate of drug-likeness (QED) is 0.526. The third-order valence-electron chi connectivity index (χ3n) is 4.94. The summed E-state index contributed by atoms with van der Waals surface area (Å²) in [5.41, 5.74) is 11.5. The van der Waals surface area contributed by atoms with E-state index in [1.807, 2.05) is 13.8 Å². The van der Waals surface area contributed by atoms with Gasteiger partial charge in [-0.05, 0) is 49.9 Å². The summed E-state index contributed by atoms with van der Waals surface area (Å²) in [6, 6.07) is 17.3. The van der Waals surface area contributed by atoms with Gasteiger partial charge in [-0.2, -0.15) is 10.2 Å². The van der Waals surface area contributed by atoms with Crippen LogP contribution in [0.2, 0.25) is 0 Å². The van der Waals surface area contributed by atoms with Crippen molar-refractivity contribution in [3.8, 4) is 33.4 Å². The molecular formula is C22H22N4. The first-order chi connectivity index (χ1) is 12.5. The molecule has 4 rings (SSSR count). The minimum absolute atomic E-state index is 1.03. The highest BCUT2D eigenvalue weighted by molar-refractivity contribution is 5.75. The van der Waals surface area contributed by atoms with Crippen LogP contribution in [0.15, 0.2) is 48.5 Å². The maximum Gasteiger partial charge on any atom is 0.0672 e. The number of hydrogen-bond acceptors (Lipinski definition) is 2. The van der Waals surface area contributed by atoms with Gasteiger partial charge >= 0.3 is 0 Å². The van der Waals surface area contributed by atoms with E-state index in [2.05, 4.69) is 82.8 Å². The molecule has 2 aromatic carbocycles. The number of rotatable bonds is 3. The van der Waals surface area contributed by atoms with Gasteiger partial charge in [-0.25, -0.2) is 0 Å². The molecule has 0 amide bonds. The molecule has 0 radical (unpaired) electrons. The summed E-state index contributed by atoms with van der Waals surface area (Å²) >= 11 is 0. The van der Waals surface area contributed by atoms with Crippen LogP contribution >= 0.6 is 0 Å². The van der Waals surface area contributed by atoms with Crippen LogP contribution in [0.1, 0.15) is 22.8 Å². The molecule has 0 fully saturated rings. The molecule has 4 heteroatoms. The third kappa shape index (κ3) is 2.73. The number of hydrogen-bond donors (Lipinski definition) is 2. The lowest BCUT2D eigenvalue weighted by molar-refractivity contribution is 1.02. The van der Waals surface area contributed by atoms with Gasteiger partial charge in [-0.3, -0.25) is 10.2 Å². The first kappa shape index (κ1) is 16.3. The number of nitrogens with one attached hydrogen (secondary N) is 2. The average molecular weight is 342 g/mol. The van der Waals surface area contributed by atoms with E-state index in [4.69, 9.17) is 0 Å². The fourth-order valence-corrected chi connectivity index (χ4v) is 3.61. The Morgan fingerprint density at radius 2 is 0.808 bits per heavy atom. The van der Waals surface area contributed by atoms with Crippen LogP contribution in [-0.4, -0.2) is 20.4 Å². The van der Waals surface area contributed by atoms with Gasteiger partial charge in [0.2, 0.25) is 0 Å². The van der Waals surface area contributed by atoms with Crippen molar-refractivity contribution in [2.24, 2.45) is 0 Å². The molecule has 0 aliphatic heterocycles. The number of nitrogens with zero attached hydrogens (tertiary/aromatic N) is 2. The zero-order valence-electron chi connectivity index (χ0n) is 15.5. The number of aromatic nitrogens is 4. The monoisotopic (exact) mass is 342 g/mol. The van der Waals surface area contributed by atoms with Gasteiger partial charge in [-0.1, -0.05) is 48.5 Å². The first-order valence-electron chi connectivity index (χ1n) is 8.79. The summed E-state index contributed by atoms with van der Waals surface area (Å²) in [7, 11) is 0. The van der Waals surface area contributed by atoms with E-state index in [0.717, 1.165) is 22.8 Å². The molecule has 0 spiro atoms. The maximum atomic E-state index is 4.29. The summed E-state index contributed by atoms with van der Waals surface area (Å²) in [6.45, 7) is 8.18. The number of aromatic amines is 2. The van der Waals surface area contributed by atoms with Gasteiger partial charge in [0.1, 0.15) is 0 Å². The Morgan fingerprint density at radius 1 is 0.500 bits per heavy atom. The standard InChI is InChI=1S/C22H22N4/c1-13-21(14(2)24-23-13)19-9-5-17(6-10-19)18-7-11-20(12-8-18)22-15(3)25-26-16(22)4/h5-12H,1-4H3,(H,23,24)(H,25,26). The lowest BCUT2D eigenvalue weighted by Gasteiger charge is -2.07. The molecule has 0 unspecified atom stereocenters. The van der Waals surface area contributed by atoms with E-state index >= 15 is 0 Å². The van der Waals surface area contributed by atoms with Crippen LogP contribution in [-0.2, 0) is 0 Å². The predicted molar refractivity (Wildman–Crippen MR) is 106 cm³/mol. The van der Waals surface area contributed by atoms with E-state index in [0.29, 0.717) is 0 Å². The molecule has 130 valence electrons. The van der Waals surface area contributed by atoms with Crippen LogP contribution in [0, 0.1) is 27.7 Å². The predicted octanol–water partition coefficient (Wildman–Crippen LogP) is 5.37. The SMILES string of the molecule is Cc1n[nH]c(C)c1-c1ccc(-c2ccc(-c3c(C)n[nH]c3C)cc2)cc1. The Balaban J connectivity index is 1.64. The van der Waals surface area contributed by atoms with Crippen molar-refractivity contribution in [3.05, 3.63) is 71.3 Å². The van der Waals surface area contributed by atoms with Gasteiger partial charge in [0.25, 0.3) is 0 Å². The Hall–Kier alpha value is -3.14. The number of aryl methyl sites for hydroxylation is 4. The van der Waals surface area contributed by atoms with Crippen LogP contribution < -0.4 is 0 Å². The van der Waals surface area contributed by atoms with Crippen molar-refractivity contribution >= 4 is 0 Å². The van der Waals surface area contributed by atoms with Crippen LogP contribution in [0.25, 0.3) is 33.4 Å². The minimum Gasteiger partial charge on any atom is -0.282 e. The Morgan fingerprint density at radius 3 is 1.08 bits per heavy atom. The summed E-state index contributed by atoms with van der Waals surface area (Å²) < 4.78 is 0. The van der Waals surface area contributed by atoms with E-state index in [9.17, 15) is 0 Å². The zero-order chi connectivity index (χ0) is 18.3. The highest BCUT2D eigenvalue weighted by Crippen LogP contribution is 2.30. The number of benzene rings is 2. The van der Waals surface area contributed by atoms with Crippen LogP contribution in [0.4, 0.5) is 0 Å². The van der Waals surface area contributed by atoms with Crippen molar-refractivity contribution in [3.63, 3.8) is 0 Å². The molecule has 4 aromatic rings.